The number of anilines is 1. The van der Waals surface area contributed by atoms with E-state index in [2.05, 4.69) is 22.0 Å². The van der Waals surface area contributed by atoms with Crippen LogP contribution in [0.5, 0.6) is 0 Å². The highest BCUT2D eigenvalue weighted by atomic mass is 16.3. The molecule has 0 radical (unpaired) electrons. The third kappa shape index (κ3) is 3.24. The molecule has 1 aliphatic rings. The maximum atomic E-state index is 10.5. The first-order chi connectivity index (χ1) is 10.2. The molecule has 1 aliphatic heterocycles. The van der Waals surface area contributed by atoms with Crippen molar-refractivity contribution in [3.05, 3.63) is 59.8 Å². The van der Waals surface area contributed by atoms with Crippen LogP contribution in [0, 0.1) is 6.92 Å². The number of nitrogens with zero attached hydrogens (tertiary/aromatic N) is 2. The van der Waals surface area contributed by atoms with E-state index in [-0.39, 0.29) is 0 Å². The van der Waals surface area contributed by atoms with Crippen LogP contribution in [0.25, 0.3) is 0 Å². The smallest absolute Gasteiger partial charge is 0.129 e. The molecule has 1 N–H and O–H groups in total. The summed E-state index contributed by atoms with van der Waals surface area (Å²) in [5, 5.41) is 10.5. The molecule has 1 saturated heterocycles. The molecule has 110 valence electrons. The van der Waals surface area contributed by atoms with Gasteiger partial charge in [-0.3, -0.25) is 0 Å². The van der Waals surface area contributed by atoms with Gasteiger partial charge in [-0.15, -0.1) is 0 Å². The molecule has 1 aromatic heterocycles. The van der Waals surface area contributed by atoms with Crippen LogP contribution >= 0.6 is 0 Å². The van der Waals surface area contributed by atoms with E-state index in [4.69, 9.17) is 0 Å². The number of pyridine rings is 1. The van der Waals surface area contributed by atoms with Crippen molar-refractivity contribution in [2.24, 2.45) is 0 Å². The highest BCUT2D eigenvalue weighted by Gasteiger charge is 2.28. The molecule has 21 heavy (non-hydrogen) atoms. The molecule has 3 rings (SSSR count). The van der Waals surface area contributed by atoms with E-state index in [1.54, 1.807) is 0 Å². The van der Waals surface area contributed by atoms with Gasteiger partial charge >= 0.3 is 0 Å². The highest BCUT2D eigenvalue weighted by Crippen LogP contribution is 2.30. The maximum Gasteiger partial charge on any atom is 0.129 e. The van der Waals surface area contributed by atoms with E-state index in [1.807, 2.05) is 43.3 Å². The van der Waals surface area contributed by atoms with Gasteiger partial charge in [-0.05, 0) is 43.9 Å². The van der Waals surface area contributed by atoms with E-state index in [0.29, 0.717) is 6.04 Å². The van der Waals surface area contributed by atoms with Gasteiger partial charge in [0.15, 0.2) is 0 Å². The van der Waals surface area contributed by atoms with Crippen molar-refractivity contribution in [2.45, 2.75) is 38.3 Å². The summed E-state index contributed by atoms with van der Waals surface area (Å²) in [4.78, 5) is 6.98. The molecule has 2 atom stereocenters. The van der Waals surface area contributed by atoms with Crippen molar-refractivity contribution in [1.82, 2.24) is 4.98 Å². The average Bonchev–Trinajstić information content (AvgIpc) is 2.96. The van der Waals surface area contributed by atoms with Crippen molar-refractivity contribution in [3.63, 3.8) is 0 Å². The van der Waals surface area contributed by atoms with E-state index in [9.17, 15) is 5.11 Å². The molecule has 3 nitrogen and oxygen atoms in total. The molecule has 2 heterocycles. The van der Waals surface area contributed by atoms with Gasteiger partial charge in [0.05, 0.1) is 6.10 Å². The SMILES string of the molecule is Cc1cccc(N2CCCC2CC(O)c2ccccc2)n1. The number of hydrogen-bond donors (Lipinski definition) is 1. The molecule has 1 fully saturated rings. The average molecular weight is 282 g/mol. The van der Waals surface area contributed by atoms with Gasteiger partial charge in [-0.2, -0.15) is 0 Å². The Morgan fingerprint density at radius 1 is 1.19 bits per heavy atom. The fourth-order valence-electron chi connectivity index (χ4n) is 3.14. The lowest BCUT2D eigenvalue weighted by atomic mass is 10.0. The van der Waals surface area contributed by atoms with Gasteiger partial charge in [-0.25, -0.2) is 4.98 Å². The minimum absolute atomic E-state index is 0.370. The molecule has 0 bridgehead atoms. The first-order valence-electron chi connectivity index (χ1n) is 7.67. The van der Waals surface area contributed by atoms with Crippen LogP contribution in [0.1, 0.15) is 36.6 Å². The van der Waals surface area contributed by atoms with Crippen LogP contribution in [0.3, 0.4) is 0 Å². The summed E-state index contributed by atoms with van der Waals surface area (Å²) < 4.78 is 0. The number of aliphatic hydroxyl groups is 1. The summed E-state index contributed by atoms with van der Waals surface area (Å²) in [6.45, 7) is 3.05. The maximum absolute atomic E-state index is 10.5. The summed E-state index contributed by atoms with van der Waals surface area (Å²) in [6.07, 6.45) is 2.66. The Morgan fingerprint density at radius 2 is 2.00 bits per heavy atom. The van der Waals surface area contributed by atoms with Crippen molar-refractivity contribution in [2.75, 3.05) is 11.4 Å². The Bertz CT molecular complexity index is 585. The van der Waals surface area contributed by atoms with Crippen LogP contribution in [-0.2, 0) is 0 Å². The van der Waals surface area contributed by atoms with Crippen LogP contribution in [0.4, 0.5) is 5.82 Å². The van der Waals surface area contributed by atoms with E-state index >= 15 is 0 Å². The van der Waals surface area contributed by atoms with Gasteiger partial charge in [0.25, 0.3) is 0 Å². The van der Waals surface area contributed by atoms with Crippen LogP contribution in [-0.4, -0.2) is 22.7 Å². The van der Waals surface area contributed by atoms with Gasteiger partial charge in [0.1, 0.15) is 5.82 Å². The Labute approximate surface area is 126 Å². The first kappa shape index (κ1) is 14.1. The molecule has 0 amide bonds. The van der Waals surface area contributed by atoms with E-state index in [0.717, 1.165) is 36.5 Å². The number of benzene rings is 1. The Morgan fingerprint density at radius 3 is 2.76 bits per heavy atom. The number of aliphatic hydroxyl groups excluding tert-OH is 1. The predicted octanol–water partition coefficient (Wildman–Crippen LogP) is 3.48. The number of rotatable bonds is 4. The van der Waals surface area contributed by atoms with Crippen LogP contribution < -0.4 is 4.90 Å². The standard InChI is InChI=1S/C18H22N2O/c1-14-7-5-11-18(19-14)20-12-6-10-16(20)13-17(21)15-8-3-2-4-9-15/h2-5,7-9,11,16-17,21H,6,10,12-13H2,1H3. The zero-order valence-electron chi connectivity index (χ0n) is 12.4. The van der Waals surface area contributed by atoms with E-state index in [1.165, 1.54) is 6.42 Å². The molecule has 0 saturated carbocycles. The summed E-state index contributed by atoms with van der Waals surface area (Å²) in [5.74, 6) is 1.04. The normalized spacial score (nSPS) is 19.7. The number of aromatic nitrogens is 1. The summed E-state index contributed by atoms with van der Waals surface area (Å²) >= 11 is 0. The van der Waals surface area contributed by atoms with Crippen molar-refractivity contribution in [1.29, 1.82) is 0 Å². The van der Waals surface area contributed by atoms with Crippen LogP contribution in [0.2, 0.25) is 0 Å². The fourth-order valence-corrected chi connectivity index (χ4v) is 3.14. The first-order valence-corrected chi connectivity index (χ1v) is 7.67. The quantitative estimate of drug-likeness (QED) is 0.932. The van der Waals surface area contributed by atoms with Gasteiger partial charge in [-0.1, -0.05) is 36.4 Å². The fraction of sp³-hybridized carbons (Fsp3) is 0.389. The third-order valence-corrected chi connectivity index (χ3v) is 4.22. The molecule has 1 aromatic carbocycles. The molecular weight excluding hydrogens is 260 g/mol. The summed E-state index contributed by atoms with van der Waals surface area (Å²) in [5.41, 5.74) is 2.04. The van der Waals surface area contributed by atoms with Crippen molar-refractivity contribution in [3.8, 4) is 0 Å². The largest absolute Gasteiger partial charge is 0.388 e. The molecule has 0 aliphatic carbocycles. The Hall–Kier alpha value is -1.87. The predicted molar refractivity (Wildman–Crippen MR) is 85.4 cm³/mol. The minimum atomic E-state index is -0.401. The lowest BCUT2D eigenvalue weighted by molar-refractivity contribution is 0.158. The monoisotopic (exact) mass is 282 g/mol. The Balaban J connectivity index is 1.73. The third-order valence-electron chi connectivity index (χ3n) is 4.22. The molecular formula is C18H22N2O. The van der Waals surface area contributed by atoms with Crippen LogP contribution in [0.15, 0.2) is 48.5 Å². The van der Waals surface area contributed by atoms with Gasteiger partial charge < -0.3 is 10.0 Å². The lowest BCUT2D eigenvalue weighted by Gasteiger charge is -2.27. The Kier molecular flexibility index (Phi) is 4.20. The highest BCUT2D eigenvalue weighted by molar-refractivity contribution is 5.42. The molecule has 2 aromatic rings. The van der Waals surface area contributed by atoms with E-state index < -0.39 is 6.10 Å². The van der Waals surface area contributed by atoms with Crippen molar-refractivity contribution >= 4 is 5.82 Å². The van der Waals surface area contributed by atoms with Gasteiger partial charge in [0, 0.05) is 18.3 Å². The zero-order chi connectivity index (χ0) is 14.7. The molecule has 0 spiro atoms. The second kappa shape index (κ2) is 6.27. The number of aryl methyl sites for hydroxylation is 1. The summed E-state index contributed by atoms with van der Waals surface area (Å²) in [6, 6.07) is 16.4. The second-order valence-corrected chi connectivity index (χ2v) is 5.79. The second-order valence-electron chi connectivity index (χ2n) is 5.79. The minimum Gasteiger partial charge on any atom is -0.388 e. The number of hydrogen-bond acceptors (Lipinski definition) is 3. The van der Waals surface area contributed by atoms with Gasteiger partial charge in [0.2, 0.25) is 0 Å². The lowest BCUT2D eigenvalue weighted by Crippen LogP contribution is -2.31. The molecule has 3 heteroatoms. The summed E-state index contributed by atoms with van der Waals surface area (Å²) in [7, 11) is 0. The molecule has 2 unspecified atom stereocenters. The van der Waals surface area contributed by atoms with Crippen molar-refractivity contribution < 1.29 is 5.11 Å². The zero-order valence-corrected chi connectivity index (χ0v) is 12.4. The topological polar surface area (TPSA) is 36.4 Å².